The molecule has 1 saturated heterocycles. The number of nitrogens with zero attached hydrogens (tertiary/aromatic N) is 4. The van der Waals surface area contributed by atoms with Crippen molar-refractivity contribution in [2.45, 2.75) is 96.3 Å². The first-order chi connectivity index (χ1) is 27.0. The molecule has 0 unspecified atom stereocenters. The van der Waals surface area contributed by atoms with Crippen molar-refractivity contribution in [3.8, 4) is 5.75 Å². The molecule has 0 aromatic heterocycles. The number of allylic oxidation sites excluding steroid dienone is 1. The number of carbonyl (C=O) groups excluding carboxylic acids is 3. The van der Waals surface area contributed by atoms with Crippen LogP contribution in [0.1, 0.15) is 88.2 Å². The molecule has 2 fully saturated rings. The van der Waals surface area contributed by atoms with Crippen LogP contribution < -0.4 is 14.4 Å². The molecule has 3 aliphatic heterocycles. The number of aryl methyl sites for hydroxylation is 1. The van der Waals surface area contributed by atoms with Gasteiger partial charge in [-0.1, -0.05) is 36.7 Å². The number of methoxy groups -OCH3 is 1. The van der Waals surface area contributed by atoms with Gasteiger partial charge in [-0.2, -0.15) is 0 Å². The average Bonchev–Trinajstić information content (AvgIpc) is 3.28. The fourth-order valence-electron chi connectivity index (χ4n) is 9.30. The van der Waals surface area contributed by atoms with Gasteiger partial charge in [0.1, 0.15) is 21.3 Å². The number of piperazine rings is 1. The van der Waals surface area contributed by atoms with Crippen LogP contribution in [0.2, 0.25) is 5.02 Å². The van der Waals surface area contributed by atoms with E-state index >= 15 is 0 Å². The van der Waals surface area contributed by atoms with Gasteiger partial charge in [-0.15, -0.1) is 4.36 Å². The smallest absolute Gasteiger partial charge is 0.410 e. The summed E-state index contributed by atoms with van der Waals surface area (Å²) < 4.78 is 40.1. The van der Waals surface area contributed by atoms with Gasteiger partial charge in [0.05, 0.1) is 24.2 Å². The van der Waals surface area contributed by atoms with Crippen LogP contribution in [0.25, 0.3) is 0 Å². The topological polar surface area (TPSA) is 130 Å². The Hall–Kier alpha value is -3.81. The molecular formula is C43H58ClN5O7S. The molecule has 7 atom stereocenters. The summed E-state index contributed by atoms with van der Waals surface area (Å²) in [6, 6.07) is 10.6. The summed E-state index contributed by atoms with van der Waals surface area (Å²) in [5, 5.41) is 0.731. The van der Waals surface area contributed by atoms with Crippen molar-refractivity contribution >= 4 is 45.2 Å². The highest BCUT2D eigenvalue weighted by Gasteiger charge is 2.44. The normalized spacial score (nSPS) is 31.1. The second kappa shape index (κ2) is 16.4. The van der Waals surface area contributed by atoms with E-state index in [-0.39, 0.29) is 54.4 Å². The largest absolute Gasteiger partial charge is 0.490 e. The molecule has 2 aromatic rings. The molecule has 0 radical (unpaired) electrons. The van der Waals surface area contributed by atoms with Gasteiger partial charge in [-0.3, -0.25) is 9.52 Å². The van der Waals surface area contributed by atoms with Crippen molar-refractivity contribution in [1.29, 1.82) is 0 Å². The molecule has 7 rings (SSSR count). The standard InChI is InChI=1S/C43H58ClN5O7S/c1-28-9-7-11-37(54-6)34-15-12-32(34)24-48-26-43(18-8-10-30-21-33(44)14-16-35(30)43)27-55-38-17-13-31(22-36(38)48)39(50)45-57(53,25-28)46-40(51)47-19-20-49(29(2)23-47)41(52)56-42(3,4)5/h7,11,13-14,16-17,21-22,28-29,32,34,37H,8-10,12,15,18-20,23-27H2,1-6H3,(H,45,46,50,51,53)/b11-7+/t28-,29+,32-,34+,37-,43-,57-/m0/s1. The molecule has 1 saturated carbocycles. The van der Waals surface area contributed by atoms with E-state index in [9.17, 15) is 18.6 Å². The second-order valence-electron chi connectivity index (χ2n) is 17.8. The van der Waals surface area contributed by atoms with Gasteiger partial charge < -0.3 is 28.9 Å². The van der Waals surface area contributed by atoms with Gasteiger partial charge in [-0.05, 0) is 125 Å². The lowest BCUT2D eigenvalue weighted by molar-refractivity contribution is 0.00552. The second-order valence-corrected chi connectivity index (χ2v) is 20.3. The van der Waals surface area contributed by atoms with E-state index in [1.807, 2.05) is 52.8 Å². The summed E-state index contributed by atoms with van der Waals surface area (Å²) in [6.07, 6.45) is 9.29. The summed E-state index contributed by atoms with van der Waals surface area (Å²) in [5.41, 5.74) is 2.66. The Balaban J connectivity index is 1.21. The predicted octanol–water partition coefficient (Wildman–Crippen LogP) is 7.62. The third-order valence-electron chi connectivity index (χ3n) is 12.3. The maximum absolute atomic E-state index is 14.8. The third kappa shape index (κ3) is 9.10. The van der Waals surface area contributed by atoms with E-state index in [0.717, 1.165) is 49.4 Å². The van der Waals surface area contributed by atoms with Gasteiger partial charge in [0, 0.05) is 61.9 Å². The number of hydrogen-bond acceptors (Lipinski definition) is 8. The highest BCUT2D eigenvalue weighted by Crippen LogP contribution is 2.47. The summed E-state index contributed by atoms with van der Waals surface area (Å²) >= 11 is 6.48. The number of nitrogens with one attached hydrogen (secondary N) is 1. The van der Waals surface area contributed by atoms with E-state index in [1.54, 1.807) is 18.1 Å². The first kappa shape index (κ1) is 41.4. The maximum Gasteiger partial charge on any atom is 0.410 e. The molecule has 12 nitrogen and oxygen atoms in total. The highest BCUT2D eigenvalue weighted by molar-refractivity contribution is 7.92. The Kier molecular flexibility index (Phi) is 11.9. The number of amides is 4. The van der Waals surface area contributed by atoms with Gasteiger partial charge in [0.25, 0.3) is 5.91 Å². The monoisotopic (exact) mass is 823 g/mol. The highest BCUT2D eigenvalue weighted by atomic mass is 35.5. The van der Waals surface area contributed by atoms with E-state index in [4.69, 9.17) is 25.8 Å². The Morgan fingerprint density at radius 3 is 2.61 bits per heavy atom. The number of urea groups is 1. The van der Waals surface area contributed by atoms with Crippen LogP contribution in [0.4, 0.5) is 15.3 Å². The maximum atomic E-state index is 14.8. The molecule has 2 aromatic carbocycles. The van der Waals surface area contributed by atoms with Crippen molar-refractivity contribution in [2.24, 2.45) is 22.1 Å². The van der Waals surface area contributed by atoms with Crippen molar-refractivity contribution in [2.75, 3.05) is 57.1 Å². The quantitative estimate of drug-likeness (QED) is 0.307. The SMILES string of the molecule is CO[C@H]1/C=C/C[C@H](C)C[S@@](=O)(NC(=O)N2CCN(C(=O)OC(C)(C)C)[C@H](C)C2)=NC(=O)c2ccc3c(c2)N(C[C@@H]2CC[C@H]21)C[C@@]1(CCCc2cc(Cl)ccc21)CO3. The molecule has 2 bridgehead atoms. The molecule has 57 heavy (non-hydrogen) atoms. The number of benzene rings is 2. The van der Waals surface area contributed by atoms with Crippen LogP contribution in [-0.2, 0) is 31.2 Å². The summed E-state index contributed by atoms with van der Waals surface area (Å²) in [7, 11) is -1.85. The zero-order chi connectivity index (χ0) is 40.7. The van der Waals surface area contributed by atoms with E-state index < -0.39 is 33.5 Å². The molecule has 14 heteroatoms. The van der Waals surface area contributed by atoms with Crippen molar-refractivity contribution in [1.82, 2.24) is 14.5 Å². The first-order valence-corrected chi connectivity index (χ1v) is 22.5. The Morgan fingerprint density at radius 2 is 1.89 bits per heavy atom. The number of carbonyl (C=O) groups is 3. The van der Waals surface area contributed by atoms with Crippen molar-refractivity contribution in [3.63, 3.8) is 0 Å². The molecule has 2 aliphatic carbocycles. The van der Waals surface area contributed by atoms with Crippen molar-refractivity contribution in [3.05, 3.63) is 70.3 Å². The zero-order valence-corrected chi connectivity index (χ0v) is 35.7. The lowest BCUT2D eigenvalue weighted by Gasteiger charge is -2.46. The molecule has 3 heterocycles. The van der Waals surface area contributed by atoms with Gasteiger partial charge >= 0.3 is 12.1 Å². The zero-order valence-electron chi connectivity index (χ0n) is 34.1. The minimum absolute atomic E-state index is 0.0297. The minimum Gasteiger partial charge on any atom is -0.490 e. The molecule has 4 amide bonds. The molecule has 5 aliphatic rings. The number of ether oxygens (including phenoxy) is 3. The lowest BCUT2D eigenvalue weighted by Crippen LogP contribution is -2.58. The third-order valence-corrected chi connectivity index (χ3v) is 14.5. The molecular weight excluding hydrogens is 766 g/mol. The first-order valence-electron chi connectivity index (χ1n) is 20.4. The Morgan fingerprint density at radius 1 is 1.09 bits per heavy atom. The molecule has 1 spiro atoms. The average molecular weight is 824 g/mol. The van der Waals surface area contributed by atoms with Crippen LogP contribution in [0.15, 0.2) is 52.9 Å². The van der Waals surface area contributed by atoms with Crippen LogP contribution >= 0.6 is 11.6 Å². The Labute approximate surface area is 342 Å². The van der Waals surface area contributed by atoms with Crippen LogP contribution in [0, 0.1) is 17.8 Å². The van der Waals surface area contributed by atoms with Crippen LogP contribution in [-0.4, -0.2) is 102 Å². The number of rotatable bonds is 2. The number of anilines is 1. The van der Waals surface area contributed by atoms with Gasteiger partial charge in [0.2, 0.25) is 0 Å². The van der Waals surface area contributed by atoms with E-state index in [2.05, 4.69) is 38.3 Å². The van der Waals surface area contributed by atoms with Crippen LogP contribution in [0.3, 0.4) is 0 Å². The van der Waals surface area contributed by atoms with E-state index in [0.29, 0.717) is 37.2 Å². The summed E-state index contributed by atoms with van der Waals surface area (Å²) in [6.45, 7) is 11.8. The van der Waals surface area contributed by atoms with E-state index in [1.165, 1.54) is 16.0 Å². The molecule has 1 N–H and O–H groups in total. The summed E-state index contributed by atoms with van der Waals surface area (Å²) in [4.78, 5) is 46.3. The lowest BCUT2D eigenvalue weighted by atomic mass is 9.68. The van der Waals surface area contributed by atoms with Crippen molar-refractivity contribution < 1.29 is 32.8 Å². The fourth-order valence-corrected chi connectivity index (χ4v) is 11.4. The van der Waals surface area contributed by atoms with Gasteiger partial charge in [0.15, 0.2) is 0 Å². The molecule has 310 valence electrons. The number of hydrogen-bond donors (Lipinski definition) is 1. The van der Waals surface area contributed by atoms with Crippen LogP contribution in [0.5, 0.6) is 5.75 Å². The number of halogens is 1. The minimum atomic E-state index is -3.60. The van der Waals surface area contributed by atoms with Gasteiger partial charge in [-0.25, -0.2) is 13.8 Å². The summed E-state index contributed by atoms with van der Waals surface area (Å²) in [5.74, 6) is 0.491. The Bertz CT molecular complexity index is 2030. The number of fused-ring (bicyclic) bond motifs is 4. The predicted molar refractivity (Wildman–Crippen MR) is 222 cm³/mol. The fraction of sp³-hybridized carbons (Fsp3) is 0.605.